The number of likely N-dealkylation sites (tertiary alicyclic amines) is 1. The SMILES string of the molecule is CN(C(O)c1cnc(C(C)(C)C)[nH]1)[C@@H](CC1CC1)C(=O)N1C[C@]2(C[C@H]1C#N)C(=O)Nc1ccccc12. The number of aromatic nitrogens is 2. The summed E-state index contributed by atoms with van der Waals surface area (Å²) in [5.74, 6) is 0.776. The summed E-state index contributed by atoms with van der Waals surface area (Å²) in [6.45, 7) is 6.26. The topological polar surface area (TPSA) is 125 Å². The minimum atomic E-state index is -1.06. The van der Waals surface area contributed by atoms with Crippen LogP contribution in [-0.2, 0) is 20.4 Å². The molecule has 9 heteroatoms. The Morgan fingerprint density at radius 2 is 2.08 bits per heavy atom. The maximum atomic E-state index is 14.0. The smallest absolute Gasteiger partial charge is 0.241 e. The van der Waals surface area contributed by atoms with Crippen LogP contribution in [0.5, 0.6) is 0 Å². The van der Waals surface area contributed by atoms with Crippen LogP contribution in [0.2, 0.25) is 0 Å². The number of carbonyl (C=O) groups is 2. The van der Waals surface area contributed by atoms with E-state index in [2.05, 4.69) is 21.4 Å². The molecule has 1 unspecified atom stereocenters. The van der Waals surface area contributed by atoms with E-state index in [-0.39, 0.29) is 30.2 Å². The first-order valence-electron chi connectivity index (χ1n) is 12.6. The molecule has 1 saturated carbocycles. The van der Waals surface area contributed by atoms with Crippen LogP contribution in [0.15, 0.2) is 30.5 Å². The molecule has 0 bridgehead atoms. The molecule has 3 aliphatic rings. The number of aromatic amines is 1. The highest BCUT2D eigenvalue weighted by Crippen LogP contribution is 2.47. The Labute approximate surface area is 211 Å². The number of anilines is 1. The van der Waals surface area contributed by atoms with Crippen molar-refractivity contribution in [2.75, 3.05) is 18.9 Å². The van der Waals surface area contributed by atoms with Crippen molar-refractivity contribution in [3.05, 3.63) is 47.5 Å². The van der Waals surface area contributed by atoms with Crippen molar-refractivity contribution >= 4 is 17.5 Å². The molecule has 36 heavy (non-hydrogen) atoms. The lowest BCUT2D eigenvalue weighted by atomic mass is 9.80. The van der Waals surface area contributed by atoms with Gasteiger partial charge in [0.05, 0.1) is 29.4 Å². The monoisotopic (exact) mass is 490 g/mol. The summed E-state index contributed by atoms with van der Waals surface area (Å²) >= 11 is 0. The number of likely N-dealkylation sites (N-methyl/N-ethyl adjacent to an activating group) is 1. The van der Waals surface area contributed by atoms with Gasteiger partial charge in [-0.1, -0.05) is 51.8 Å². The second-order valence-corrected chi connectivity index (χ2v) is 11.6. The van der Waals surface area contributed by atoms with Gasteiger partial charge in [0.1, 0.15) is 18.1 Å². The summed E-state index contributed by atoms with van der Waals surface area (Å²) < 4.78 is 0. The Balaban J connectivity index is 1.42. The molecule has 1 aromatic carbocycles. The van der Waals surface area contributed by atoms with Gasteiger partial charge in [0.25, 0.3) is 0 Å². The Morgan fingerprint density at radius 3 is 2.72 bits per heavy atom. The minimum absolute atomic E-state index is 0.149. The Morgan fingerprint density at radius 1 is 1.36 bits per heavy atom. The van der Waals surface area contributed by atoms with Crippen molar-refractivity contribution < 1.29 is 14.7 Å². The number of fused-ring (bicyclic) bond motifs is 2. The number of nitrogens with one attached hydrogen (secondary N) is 2. The summed E-state index contributed by atoms with van der Waals surface area (Å²) in [5, 5.41) is 24.1. The molecule has 1 saturated heterocycles. The fourth-order valence-corrected chi connectivity index (χ4v) is 5.53. The first-order chi connectivity index (χ1) is 17.0. The molecule has 1 aliphatic carbocycles. The van der Waals surface area contributed by atoms with E-state index >= 15 is 0 Å². The van der Waals surface area contributed by atoms with E-state index in [1.807, 2.05) is 45.0 Å². The molecular weight excluding hydrogens is 456 g/mol. The number of amides is 2. The number of aliphatic hydroxyl groups is 1. The second kappa shape index (κ2) is 8.71. The van der Waals surface area contributed by atoms with Crippen molar-refractivity contribution in [2.24, 2.45) is 5.92 Å². The average molecular weight is 491 g/mol. The maximum absolute atomic E-state index is 14.0. The zero-order valence-corrected chi connectivity index (χ0v) is 21.3. The van der Waals surface area contributed by atoms with Gasteiger partial charge in [0, 0.05) is 24.1 Å². The van der Waals surface area contributed by atoms with E-state index in [0.717, 1.165) is 29.9 Å². The average Bonchev–Trinajstić information content (AvgIpc) is 3.27. The minimum Gasteiger partial charge on any atom is -0.372 e. The Bertz CT molecular complexity index is 1220. The van der Waals surface area contributed by atoms with Crippen LogP contribution < -0.4 is 5.32 Å². The third kappa shape index (κ3) is 4.08. The molecule has 3 N–H and O–H groups in total. The zero-order valence-electron chi connectivity index (χ0n) is 21.3. The molecule has 2 fully saturated rings. The van der Waals surface area contributed by atoms with E-state index < -0.39 is 23.7 Å². The van der Waals surface area contributed by atoms with Crippen LogP contribution in [0.1, 0.15) is 69.8 Å². The molecule has 1 aromatic heterocycles. The van der Waals surface area contributed by atoms with Crippen molar-refractivity contribution in [3.8, 4) is 6.07 Å². The maximum Gasteiger partial charge on any atom is 0.241 e. The molecule has 0 radical (unpaired) electrons. The van der Waals surface area contributed by atoms with Crippen molar-refractivity contribution in [2.45, 2.75) is 75.6 Å². The Kier molecular flexibility index (Phi) is 5.92. The third-order valence-corrected chi connectivity index (χ3v) is 7.92. The zero-order chi connectivity index (χ0) is 25.8. The molecule has 2 aliphatic heterocycles. The summed E-state index contributed by atoms with van der Waals surface area (Å²) in [6.07, 6.45) is 3.51. The number of H-pyrrole nitrogens is 1. The lowest BCUT2D eigenvalue weighted by Gasteiger charge is -2.34. The van der Waals surface area contributed by atoms with Gasteiger partial charge >= 0.3 is 0 Å². The fraction of sp³-hybridized carbons (Fsp3) is 0.556. The van der Waals surface area contributed by atoms with Crippen LogP contribution in [0, 0.1) is 17.2 Å². The summed E-state index contributed by atoms with van der Waals surface area (Å²) in [5.41, 5.74) is 0.963. The number of carbonyl (C=O) groups excluding carboxylic acids is 2. The number of rotatable bonds is 6. The van der Waals surface area contributed by atoms with Crippen LogP contribution in [0.25, 0.3) is 0 Å². The molecule has 2 amide bonds. The molecule has 2 aromatic rings. The summed E-state index contributed by atoms with van der Waals surface area (Å²) in [6, 6.07) is 8.41. The van der Waals surface area contributed by atoms with Gasteiger partial charge in [0.2, 0.25) is 11.8 Å². The third-order valence-electron chi connectivity index (χ3n) is 7.92. The second-order valence-electron chi connectivity index (χ2n) is 11.6. The van der Waals surface area contributed by atoms with Gasteiger partial charge in [-0.15, -0.1) is 0 Å². The predicted molar refractivity (Wildman–Crippen MR) is 134 cm³/mol. The van der Waals surface area contributed by atoms with Crippen molar-refractivity contribution in [3.63, 3.8) is 0 Å². The number of hydrogen-bond donors (Lipinski definition) is 3. The highest BCUT2D eigenvalue weighted by molar-refractivity contribution is 6.07. The highest BCUT2D eigenvalue weighted by atomic mass is 16.3. The van der Waals surface area contributed by atoms with Crippen molar-refractivity contribution in [1.29, 1.82) is 5.26 Å². The summed E-state index contributed by atoms with van der Waals surface area (Å²) in [7, 11) is 1.73. The molecule has 9 nitrogen and oxygen atoms in total. The van der Waals surface area contributed by atoms with Crippen LogP contribution in [0.4, 0.5) is 5.69 Å². The largest absolute Gasteiger partial charge is 0.372 e. The van der Waals surface area contributed by atoms with Gasteiger partial charge < -0.3 is 20.3 Å². The van der Waals surface area contributed by atoms with Crippen LogP contribution in [0.3, 0.4) is 0 Å². The summed E-state index contributed by atoms with van der Waals surface area (Å²) in [4.78, 5) is 38.0. The normalized spacial score (nSPS) is 25.1. The van der Waals surface area contributed by atoms with E-state index in [1.165, 1.54) is 0 Å². The lowest BCUT2D eigenvalue weighted by molar-refractivity contribution is -0.142. The molecule has 1 spiro atoms. The number of nitriles is 1. The molecular formula is C27H34N6O3. The number of benzene rings is 1. The number of para-hydroxylation sites is 1. The van der Waals surface area contributed by atoms with Gasteiger partial charge in [0.15, 0.2) is 0 Å². The van der Waals surface area contributed by atoms with Crippen LogP contribution in [-0.4, -0.2) is 62.4 Å². The number of imidazole rings is 1. The Hall–Kier alpha value is -3.22. The number of hydrogen-bond acceptors (Lipinski definition) is 6. The quantitative estimate of drug-likeness (QED) is 0.535. The first kappa shape index (κ1) is 24.5. The van der Waals surface area contributed by atoms with E-state index in [4.69, 9.17) is 0 Å². The molecule has 190 valence electrons. The van der Waals surface area contributed by atoms with Gasteiger partial charge in [-0.3, -0.25) is 14.5 Å². The number of nitrogens with zero attached hydrogens (tertiary/aromatic N) is 4. The van der Waals surface area contributed by atoms with Crippen molar-refractivity contribution in [1.82, 2.24) is 19.8 Å². The predicted octanol–water partition coefficient (Wildman–Crippen LogP) is 2.81. The van der Waals surface area contributed by atoms with Gasteiger partial charge in [-0.05, 0) is 31.0 Å². The lowest BCUT2D eigenvalue weighted by Crippen LogP contribution is -2.51. The van der Waals surface area contributed by atoms with E-state index in [9.17, 15) is 20.0 Å². The standard InChI is InChI=1S/C27H34N6O3/c1-26(2,3)24-29-14-20(30-24)22(34)32(4)21(11-16-9-10-16)23(35)33-15-27(12-17(33)13-28)18-7-5-6-8-19(18)31-25(27)36/h5-8,14,16-17,21-22,34H,9-12,15H2,1-4H3,(H,29,30)(H,31,36)/t17-,21-,22?,27-/m0/s1. The number of aliphatic hydroxyl groups excluding tert-OH is 1. The first-order valence-corrected chi connectivity index (χ1v) is 12.6. The molecule has 4 atom stereocenters. The molecule has 3 heterocycles. The fourth-order valence-electron chi connectivity index (χ4n) is 5.53. The van der Waals surface area contributed by atoms with Crippen LogP contribution >= 0.6 is 0 Å². The van der Waals surface area contributed by atoms with E-state index in [0.29, 0.717) is 18.0 Å². The molecule has 5 rings (SSSR count). The van der Waals surface area contributed by atoms with Gasteiger partial charge in [-0.2, -0.15) is 5.26 Å². The van der Waals surface area contributed by atoms with Gasteiger partial charge in [-0.25, -0.2) is 4.98 Å². The highest BCUT2D eigenvalue weighted by Gasteiger charge is 2.57. The van der Waals surface area contributed by atoms with E-state index in [1.54, 1.807) is 23.0 Å².